The van der Waals surface area contributed by atoms with Crippen molar-refractivity contribution in [2.75, 3.05) is 19.6 Å². The molecule has 0 spiro atoms. The van der Waals surface area contributed by atoms with Gasteiger partial charge in [-0.05, 0) is 37.4 Å². The summed E-state index contributed by atoms with van der Waals surface area (Å²) in [5.74, 6) is 0.891. The Balaban J connectivity index is 1.93. The summed E-state index contributed by atoms with van der Waals surface area (Å²) in [6, 6.07) is 1.45. The highest BCUT2D eigenvalue weighted by Gasteiger charge is 2.23. The predicted octanol–water partition coefficient (Wildman–Crippen LogP) is -0.0664. The Kier molecular flexibility index (Phi) is 3.80. The molecule has 0 bridgehead atoms. The Morgan fingerprint density at radius 1 is 1.59 bits per heavy atom. The van der Waals surface area contributed by atoms with E-state index in [-0.39, 0.29) is 5.03 Å². The molecule has 7 heteroatoms. The predicted molar refractivity (Wildman–Crippen MR) is 63.9 cm³/mol. The number of hydrogen-bond acceptors (Lipinski definition) is 4. The lowest BCUT2D eigenvalue weighted by atomic mass is 9.88. The molecule has 17 heavy (non-hydrogen) atoms. The van der Waals surface area contributed by atoms with Crippen LogP contribution >= 0.6 is 0 Å². The third-order valence-electron chi connectivity index (χ3n) is 3.29. The van der Waals surface area contributed by atoms with Crippen molar-refractivity contribution >= 4 is 10.0 Å². The number of aromatic nitrogens is 2. The molecule has 1 saturated heterocycles. The summed E-state index contributed by atoms with van der Waals surface area (Å²) in [5, 5.41) is 9.50. The molecule has 1 fully saturated rings. The van der Waals surface area contributed by atoms with Crippen LogP contribution in [0.15, 0.2) is 17.3 Å². The lowest BCUT2D eigenvalue weighted by molar-refractivity contribution is 0.275. The fourth-order valence-corrected chi connectivity index (χ4v) is 3.02. The van der Waals surface area contributed by atoms with Crippen molar-refractivity contribution in [3.05, 3.63) is 12.3 Å². The Morgan fingerprint density at radius 2 is 2.41 bits per heavy atom. The van der Waals surface area contributed by atoms with Gasteiger partial charge in [0.25, 0.3) is 10.0 Å². The molecule has 0 amide bonds. The first kappa shape index (κ1) is 12.5. The molecule has 0 saturated carbocycles. The fourth-order valence-electron chi connectivity index (χ4n) is 2.01. The van der Waals surface area contributed by atoms with Crippen LogP contribution in [0.25, 0.3) is 0 Å². The smallest absolute Gasteiger partial charge is 0.257 e. The molecular weight excluding hydrogens is 240 g/mol. The van der Waals surface area contributed by atoms with E-state index in [4.69, 9.17) is 0 Å². The van der Waals surface area contributed by atoms with Gasteiger partial charge in [0, 0.05) is 6.54 Å². The zero-order valence-electron chi connectivity index (χ0n) is 9.81. The van der Waals surface area contributed by atoms with Gasteiger partial charge in [-0.15, -0.1) is 0 Å². The maximum absolute atomic E-state index is 11.8. The lowest BCUT2D eigenvalue weighted by Crippen LogP contribution is -2.42. The highest BCUT2D eigenvalue weighted by Crippen LogP contribution is 2.18. The summed E-state index contributed by atoms with van der Waals surface area (Å²) in [6.45, 7) is 4.52. The third-order valence-corrected chi connectivity index (χ3v) is 4.64. The molecule has 96 valence electrons. The van der Waals surface area contributed by atoms with Gasteiger partial charge in [0.1, 0.15) is 0 Å². The number of sulfonamides is 1. The number of rotatable bonds is 4. The first-order valence-electron chi connectivity index (χ1n) is 5.79. The minimum atomic E-state index is -3.44. The summed E-state index contributed by atoms with van der Waals surface area (Å²) in [6.07, 6.45) is 2.52. The minimum absolute atomic E-state index is 0.119. The number of hydrogen-bond donors (Lipinski definition) is 3. The Morgan fingerprint density at radius 3 is 3.06 bits per heavy atom. The van der Waals surface area contributed by atoms with Gasteiger partial charge < -0.3 is 5.32 Å². The normalized spacial score (nSPS) is 25.9. The molecule has 1 aliphatic heterocycles. The van der Waals surface area contributed by atoms with Crippen molar-refractivity contribution in [3.63, 3.8) is 0 Å². The second-order valence-corrected chi connectivity index (χ2v) is 6.24. The number of nitrogens with one attached hydrogen (secondary N) is 3. The largest absolute Gasteiger partial charge is 0.316 e. The molecule has 3 N–H and O–H groups in total. The average Bonchev–Trinajstić information content (AvgIpc) is 2.82. The molecule has 1 aromatic heterocycles. The maximum Gasteiger partial charge on any atom is 0.257 e. The monoisotopic (exact) mass is 258 g/mol. The van der Waals surface area contributed by atoms with Gasteiger partial charge in [-0.3, -0.25) is 5.10 Å². The van der Waals surface area contributed by atoms with Crippen molar-refractivity contribution in [2.24, 2.45) is 11.8 Å². The van der Waals surface area contributed by atoms with Crippen LogP contribution in [-0.4, -0.2) is 38.2 Å². The molecule has 0 radical (unpaired) electrons. The van der Waals surface area contributed by atoms with Crippen LogP contribution in [0.2, 0.25) is 0 Å². The number of H-pyrrole nitrogens is 1. The van der Waals surface area contributed by atoms with Gasteiger partial charge in [0.2, 0.25) is 0 Å². The van der Waals surface area contributed by atoms with Crippen LogP contribution < -0.4 is 10.0 Å². The standard InChI is InChI=1S/C10H18N4O2S/c1-8-2-4-11-6-9(8)7-13-17(15,16)10-3-5-12-14-10/h3,5,8-9,11,13H,2,4,6-7H2,1H3,(H,12,14). The van der Waals surface area contributed by atoms with Crippen molar-refractivity contribution in [1.29, 1.82) is 0 Å². The fraction of sp³-hybridized carbons (Fsp3) is 0.700. The summed E-state index contributed by atoms with van der Waals surface area (Å²) < 4.78 is 26.3. The molecule has 1 aliphatic rings. The molecule has 2 heterocycles. The highest BCUT2D eigenvalue weighted by molar-refractivity contribution is 7.89. The number of piperidine rings is 1. The second kappa shape index (κ2) is 5.16. The van der Waals surface area contributed by atoms with E-state index in [0.717, 1.165) is 19.5 Å². The van der Waals surface area contributed by atoms with Crippen molar-refractivity contribution < 1.29 is 8.42 Å². The van der Waals surface area contributed by atoms with Gasteiger partial charge in [-0.2, -0.15) is 5.10 Å². The lowest BCUT2D eigenvalue weighted by Gasteiger charge is -2.29. The van der Waals surface area contributed by atoms with Crippen molar-refractivity contribution in [3.8, 4) is 0 Å². The molecule has 0 aliphatic carbocycles. The van der Waals surface area contributed by atoms with E-state index in [1.807, 2.05) is 0 Å². The zero-order valence-corrected chi connectivity index (χ0v) is 10.6. The van der Waals surface area contributed by atoms with Crippen molar-refractivity contribution in [1.82, 2.24) is 20.2 Å². The highest BCUT2D eigenvalue weighted by atomic mass is 32.2. The van der Waals surface area contributed by atoms with E-state index in [0.29, 0.717) is 18.4 Å². The van der Waals surface area contributed by atoms with E-state index in [9.17, 15) is 8.42 Å². The van der Waals surface area contributed by atoms with Crippen LogP contribution in [0, 0.1) is 11.8 Å². The second-order valence-electron chi connectivity index (χ2n) is 4.50. The summed E-state index contributed by atoms with van der Waals surface area (Å²) in [4.78, 5) is 0. The van der Waals surface area contributed by atoms with Crippen LogP contribution in [-0.2, 0) is 10.0 Å². The summed E-state index contributed by atoms with van der Waals surface area (Å²) in [7, 11) is -3.44. The van der Waals surface area contributed by atoms with Gasteiger partial charge in [0.15, 0.2) is 5.03 Å². The van der Waals surface area contributed by atoms with E-state index in [1.54, 1.807) is 0 Å². The Labute approximate surface area is 101 Å². The van der Waals surface area contributed by atoms with Crippen LogP contribution in [0.1, 0.15) is 13.3 Å². The van der Waals surface area contributed by atoms with E-state index < -0.39 is 10.0 Å². The first-order valence-corrected chi connectivity index (χ1v) is 7.27. The van der Waals surface area contributed by atoms with Crippen molar-refractivity contribution in [2.45, 2.75) is 18.4 Å². The zero-order chi connectivity index (χ0) is 12.3. The maximum atomic E-state index is 11.8. The van der Waals surface area contributed by atoms with Gasteiger partial charge in [-0.25, -0.2) is 13.1 Å². The molecular formula is C10H18N4O2S. The summed E-state index contributed by atoms with van der Waals surface area (Å²) in [5.41, 5.74) is 0. The topological polar surface area (TPSA) is 86.9 Å². The molecule has 0 aromatic carbocycles. The van der Waals surface area contributed by atoms with Crippen LogP contribution in [0.5, 0.6) is 0 Å². The third kappa shape index (κ3) is 3.05. The molecule has 1 aromatic rings. The Bertz CT molecular complexity index is 443. The van der Waals surface area contributed by atoms with E-state index >= 15 is 0 Å². The molecule has 2 unspecified atom stereocenters. The number of aromatic amines is 1. The quantitative estimate of drug-likeness (QED) is 0.706. The molecule has 6 nitrogen and oxygen atoms in total. The van der Waals surface area contributed by atoms with Gasteiger partial charge in [0.05, 0.1) is 6.20 Å². The minimum Gasteiger partial charge on any atom is -0.316 e. The van der Waals surface area contributed by atoms with Gasteiger partial charge >= 0.3 is 0 Å². The van der Waals surface area contributed by atoms with Crippen LogP contribution in [0.4, 0.5) is 0 Å². The van der Waals surface area contributed by atoms with E-state index in [2.05, 4.69) is 27.2 Å². The average molecular weight is 258 g/mol. The SMILES string of the molecule is CC1CCNCC1CNS(=O)(=O)c1ccn[nH]1. The Hall–Kier alpha value is -0.920. The molecule has 2 rings (SSSR count). The summed E-state index contributed by atoms with van der Waals surface area (Å²) >= 11 is 0. The first-order chi connectivity index (χ1) is 8.09. The van der Waals surface area contributed by atoms with Crippen LogP contribution in [0.3, 0.4) is 0 Å². The van der Waals surface area contributed by atoms with E-state index in [1.165, 1.54) is 12.3 Å². The molecule has 2 atom stereocenters. The number of nitrogens with zero attached hydrogens (tertiary/aromatic N) is 1. The van der Waals surface area contributed by atoms with Gasteiger partial charge in [-0.1, -0.05) is 6.92 Å².